The Morgan fingerprint density at radius 1 is 1.07 bits per heavy atom. The smallest absolute Gasteiger partial charge is 0.255 e. The molecule has 1 amide bonds. The third kappa shape index (κ3) is 3.35. The molecule has 30 heavy (non-hydrogen) atoms. The first kappa shape index (κ1) is 18.5. The molecule has 9 nitrogen and oxygen atoms in total. The van der Waals surface area contributed by atoms with Crippen molar-refractivity contribution in [2.75, 3.05) is 24.6 Å². The molecule has 5 rings (SSSR count). The number of sulfone groups is 1. The Bertz CT molecular complexity index is 1310. The number of nitrogens with one attached hydrogen (secondary N) is 1. The first-order valence-electron chi connectivity index (χ1n) is 9.44. The van der Waals surface area contributed by atoms with Gasteiger partial charge in [-0.25, -0.2) is 13.4 Å². The number of fused-ring (bicyclic) bond motifs is 1. The molecule has 0 radical (unpaired) electrons. The molecule has 0 saturated carbocycles. The molecule has 4 heterocycles. The van der Waals surface area contributed by atoms with Gasteiger partial charge in [0.15, 0.2) is 15.7 Å². The van der Waals surface area contributed by atoms with E-state index in [1.807, 2.05) is 41.1 Å². The van der Waals surface area contributed by atoms with E-state index < -0.39 is 9.84 Å². The quantitative estimate of drug-likeness (QED) is 0.537. The zero-order valence-corrected chi connectivity index (χ0v) is 16.7. The lowest BCUT2D eigenvalue weighted by Gasteiger charge is -2.26. The standard InChI is InChI=1S/C20H18N6O3S/c27-20(25-7-9-30(28,29)10-8-25)16-11-15-5-6-26(19(15)21-12-16)17-3-1-14(2-4-17)18-22-13-23-24-18/h1-6,11-13H,7-10H2,(H,22,23,24). The average Bonchev–Trinajstić information content (AvgIpc) is 3.43. The number of hydrogen-bond acceptors (Lipinski definition) is 6. The Labute approximate surface area is 172 Å². The van der Waals surface area contributed by atoms with Crippen molar-refractivity contribution in [2.45, 2.75) is 0 Å². The van der Waals surface area contributed by atoms with E-state index in [9.17, 15) is 13.2 Å². The SMILES string of the molecule is O=C(c1cnc2c(ccn2-c2ccc(-c3nnc[nH]3)cc2)c1)N1CCS(=O)(=O)CC1. The first-order chi connectivity index (χ1) is 14.5. The van der Waals surface area contributed by atoms with Crippen molar-refractivity contribution in [3.8, 4) is 17.1 Å². The summed E-state index contributed by atoms with van der Waals surface area (Å²) in [4.78, 5) is 21.8. The van der Waals surface area contributed by atoms with Crippen LogP contribution in [0.15, 0.2) is 55.1 Å². The van der Waals surface area contributed by atoms with E-state index in [2.05, 4.69) is 20.2 Å². The molecule has 1 saturated heterocycles. The van der Waals surface area contributed by atoms with E-state index in [0.717, 1.165) is 22.3 Å². The summed E-state index contributed by atoms with van der Waals surface area (Å²) in [6, 6.07) is 11.5. The third-order valence-electron chi connectivity index (χ3n) is 5.24. The predicted molar refractivity (Wildman–Crippen MR) is 111 cm³/mol. The normalized spacial score (nSPS) is 16.1. The third-order valence-corrected chi connectivity index (χ3v) is 6.85. The maximum atomic E-state index is 12.8. The minimum absolute atomic E-state index is 0.00878. The van der Waals surface area contributed by atoms with Gasteiger partial charge in [-0.05, 0) is 36.4 Å². The predicted octanol–water partition coefficient (Wildman–Crippen LogP) is 1.68. The zero-order chi connectivity index (χ0) is 20.7. The van der Waals surface area contributed by atoms with Crippen molar-refractivity contribution in [3.05, 3.63) is 60.7 Å². The van der Waals surface area contributed by atoms with Crippen molar-refractivity contribution in [1.29, 1.82) is 0 Å². The number of carbonyl (C=O) groups is 1. The van der Waals surface area contributed by atoms with Gasteiger partial charge in [0.25, 0.3) is 5.91 Å². The number of aromatic nitrogens is 5. The van der Waals surface area contributed by atoms with Crippen LogP contribution in [0.2, 0.25) is 0 Å². The number of hydrogen-bond donors (Lipinski definition) is 1. The van der Waals surface area contributed by atoms with Crippen LogP contribution in [0.1, 0.15) is 10.4 Å². The molecule has 1 aliphatic heterocycles. The van der Waals surface area contributed by atoms with Crippen LogP contribution in [0.5, 0.6) is 0 Å². The molecule has 0 aliphatic carbocycles. The number of H-pyrrole nitrogens is 1. The van der Waals surface area contributed by atoms with Crippen LogP contribution in [-0.2, 0) is 9.84 Å². The van der Waals surface area contributed by atoms with Gasteiger partial charge in [0.1, 0.15) is 12.0 Å². The van der Waals surface area contributed by atoms with Crippen LogP contribution >= 0.6 is 0 Å². The highest BCUT2D eigenvalue weighted by atomic mass is 32.2. The van der Waals surface area contributed by atoms with Gasteiger partial charge in [0.05, 0.1) is 17.1 Å². The molecule has 0 unspecified atom stereocenters. The van der Waals surface area contributed by atoms with Gasteiger partial charge >= 0.3 is 0 Å². The van der Waals surface area contributed by atoms with E-state index >= 15 is 0 Å². The van der Waals surface area contributed by atoms with Crippen LogP contribution in [0, 0.1) is 0 Å². The number of amides is 1. The summed E-state index contributed by atoms with van der Waals surface area (Å²) >= 11 is 0. The summed E-state index contributed by atoms with van der Waals surface area (Å²) in [5, 5.41) is 8.64. The van der Waals surface area contributed by atoms with Crippen LogP contribution in [0.3, 0.4) is 0 Å². The molecular formula is C20H18N6O3S. The average molecular weight is 422 g/mol. The van der Waals surface area contributed by atoms with E-state index in [1.54, 1.807) is 17.2 Å². The van der Waals surface area contributed by atoms with Crippen molar-refractivity contribution in [1.82, 2.24) is 29.6 Å². The minimum Gasteiger partial charge on any atom is -0.337 e. The Morgan fingerprint density at radius 3 is 2.53 bits per heavy atom. The van der Waals surface area contributed by atoms with Crippen molar-refractivity contribution in [2.24, 2.45) is 0 Å². The Balaban J connectivity index is 1.41. The summed E-state index contributed by atoms with van der Waals surface area (Å²) < 4.78 is 25.1. The lowest BCUT2D eigenvalue weighted by atomic mass is 10.2. The minimum atomic E-state index is -3.03. The lowest BCUT2D eigenvalue weighted by Crippen LogP contribution is -2.43. The van der Waals surface area contributed by atoms with Gasteiger partial charge in [0, 0.05) is 42.1 Å². The summed E-state index contributed by atoms with van der Waals surface area (Å²) in [5.41, 5.74) is 3.05. The summed E-state index contributed by atoms with van der Waals surface area (Å²) in [5.74, 6) is 0.526. The van der Waals surface area contributed by atoms with E-state index in [1.165, 1.54) is 6.33 Å². The van der Waals surface area contributed by atoms with Crippen LogP contribution < -0.4 is 0 Å². The second-order valence-electron chi connectivity index (χ2n) is 7.15. The number of rotatable bonds is 3. The summed E-state index contributed by atoms with van der Waals surface area (Å²) in [7, 11) is -3.03. The van der Waals surface area contributed by atoms with E-state index in [-0.39, 0.29) is 30.5 Å². The van der Waals surface area contributed by atoms with Crippen molar-refractivity contribution >= 4 is 26.8 Å². The molecule has 1 aliphatic rings. The van der Waals surface area contributed by atoms with E-state index in [0.29, 0.717) is 11.4 Å². The monoisotopic (exact) mass is 422 g/mol. The molecule has 1 N–H and O–H groups in total. The van der Waals surface area contributed by atoms with Gasteiger partial charge in [0.2, 0.25) is 0 Å². The largest absolute Gasteiger partial charge is 0.337 e. The maximum absolute atomic E-state index is 12.8. The molecule has 1 aromatic carbocycles. The van der Waals surface area contributed by atoms with Crippen LogP contribution in [0.25, 0.3) is 28.1 Å². The number of aromatic amines is 1. The molecule has 3 aromatic heterocycles. The first-order valence-corrected chi connectivity index (χ1v) is 11.3. The molecule has 1 fully saturated rings. The number of carbonyl (C=O) groups excluding carboxylic acids is 1. The molecular weight excluding hydrogens is 404 g/mol. The Kier molecular flexibility index (Phi) is 4.35. The lowest BCUT2D eigenvalue weighted by molar-refractivity contribution is 0.0770. The van der Waals surface area contributed by atoms with Gasteiger partial charge in [-0.3, -0.25) is 4.79 Å². The van der Waals surface area contributed by atoms with Gasteiger partial charge in [-0.15, -0.1) is 10.2 Å². The molecule has 0 atom stereocenters. The molecule has 10 heteroatoms. The maximum Gasteiger partial charge on any atom is 0.255 e. The second kappa shape index (κ2) is 7.06. The Morgan fingerprint density at radius 2 is 1.83 bits per heavy atom. The van der Waals surface area contributed by atoms with Crippen LogP contribution in [0.4, 0.5) is 0 Å². The van der Waals surface area contributed by atoms with Crippen molar-refractivity contribution < 1.29 is 13.2 Å². The fourth-order valence-electron chi connectivity index (χ4n) is 3.57. The fourth-order valence-corrected chi connectivity index (χ4v) is 4.78. The topological polar surface area (TPSA) is 114 Å². The molecule has 152 valence electrons. The highest BCUT2D eigenvalue weighted by Gasteiger charge is 2.26. The molecule has 0 bridgehead atoms. The second-order valence-corrected chi connectivity index (χ2v) is 9.45. The van der Waals surface area contributed by atoms with Gasteiger partial charge in [-0.1, -0.05) is 0 Å². The number of nitrogens with zero attached hydrogens (tertiary/aromatic N) is 5. The molecule has 4 aromatic rings. The summed E-state index contributed by atoms with van der Waals surface area (Å²) in [6.07, 6.45) is 4.99. The van der Waals surface area contributed by atoms with Gasteiger partial charge in [-0.2, -0.15) is 0 Å². The van der Waals surface area contributed by atoms with Crippen LogP contribution in [-0.4, -0.2) is 68.6 Å². The Hall–Kier alpha value is -3.53. The van der Waals surface area contributed by atoms with Crippen molar-refractivity contribution in [3.63, 3.8) is 0 Å². The highest BCUT2D eigenvalue weighted by molar-refractivity contribution is 7.91. The number of pyridine rings is 1. The van der Waals surface area contributed by atoms with E-state index in [4.69, 9.17) is 0 Å². The molecule has 0 spiro atoms. The zero-order valence-electron chi connectivity index (χ0n) is 15.9. The highest BCUT2D eigenvalue weighted by Crippen LogP contribution is 2.23. The van der Waals surface area contributed by atoms with Gasteiger partial charge < -0.3 is 14.5 Å². The summed E-state index contributed by atoms with van der Waals surface area (Å²) in [6.45, 7) is 0.440. The fraction of sp³-hybridized carbons (Fsp3) is 0.200. The number of benzene rings is 1.